The zero-order valence-corrected chi connectivity index (χ0v) is 20.6. The fourth-order valence-electron chi connectivity index (χ4n) is 3.83. The summed E-state index contributed by atoms with van der Waals surface area (Å²) in [7, 11) is -1.68. The maximum atomic E-state index is 6.94. The van der Waals surface area contributed by atoms with Crippen LogP contribution in [0.2, 0.25) is 0 Å². The van der Waals surface area contributed by atoms with Crippen LogP contribution in [-0.2, 0) is 18.0 Å². The average molecular weight is 435 g/mol. The van der Waals surface area contributed by atoms with Crippen molar-refractivity contribution in [1.82, 2.24) is 0 Å². The molecule has 0 aromatic heterocycles. The van der Waals surface area contributed by atoms with Gasteiger partial charge in [-0.05, 0) is 44.5 Å². The Kier molecular flexibility index (Phi) is 8.22. The van der Waals surface area contributed by atoms with Crippen LogP contribution >= 0.6 is 0 Å². The van der Waals surface area contributed by atoms with Gasteiger partial charge in [0.2, 0.25) is 0 Å². The van der Waals surface area contributed by atoms with Crippen LogP contribution in [0.3, 0.4) is 0 Å². The molecule has 0 heterocycles. The Morgan fingerprint density at radius 3 is 1.76 bits per heavy atom. The van der Waals surface area contributed by atoms with Gasteiger partial charge in [-0.2, -0.15) is 0 Å². The predicted molar refractivity (Wildman–Crippen MR) is 121 cm³/mol. The van der Waals surface area contributed by atoms with Crippen LogP contribution in [0.15, 0.2) is 60.7 Å². The van der Waals surface area contributed by atoms with Crippen LogP contribution in [0.5, 0.6) is 5.75 Å². The lowest BCUT2D eigenvalue weighted by Gasteiger charge is -2.50. The molecule has 2 aromatic carbocycles. The lowest BCUT2D eigenvalue weighted by atomic mass is 10.3. The molecular weight excluding hydrogens is 400 g/mol. The fraction of sp³-hybridized carbons (Fsp3) is 0.455. The monoisotopic (exact) mass is 434 g/mol. The summed E-state index contributed by atoms with van der Waals surface area (Å²) in [6.45, 7) is 8.32. The Bertz CT molecular complexity index is 729. The van der Waals surface area contributed by atoms with Crippen molar-refractivity contribution in [2.24, 2.45) is 0 Å². The first-order chi connectivity index (χ1) is 13.8. The van der Waals surface area contributed by atoms with Gasteiger partial charge in [0.25, 0.3) is 0 Å². The molecule has 0 amide bonds. The summed E-state index contributed by atoms with van der Waals surface area (Å²) in [5, 5.41) is 0.294. The molecule has 0 saturated heterocycles. The van der Waals surface area contributed by atoms with Gasteiger partial charge in [-0.15, -0.1) is 0 Å². The fourth-order valence-corrected chi connectivity index (χ4v) is 16.2. The van der Waals surface area contributed by atoms with Crippen molar-refractivity contribution in [3.05, 3.63) is 60.7 Å². The van der Waals surface area contributed by atoms with E-state index in [1.807, 2.05) is 48.5 Å². The molecule has 2 aromatic rings. The summed E-state index contributed by atoms with van der Waals surface area (Å²) in [5.74, 6) is 0.742. The van der Waals surface area contributed by atoms with Gasteiger partial charge < -0.3 is 22.4 Å². The second-order valence-electron chi connectivity index (χ2n) is 7.48. The van der Waals surface area contributed by atoms with Gasteiger partial charge in [0.15, 0.2) is 0 Å². The Balaban J connectivity index is 2.84. The average Bonchev–Trinajstić information content (AvgIpc) is 2.75. The maximum Gasteiger partial charge on any atom is 0.527 e. The quantitative estimate of drug-likeness (QED) is 0.500. The van der Waals surface area contributed by atoms with Crippen molar-refractivity contribution < 1.29 is 22.4 Å². The highest BCUT2D eigenvalue weighted by Crippen LogP contribution is 2.37. The van der Waals surface area contributed by atoms with E-state index in [0.29, 0.717) is 0 Å². The number of rotatable bonds is 11. The molecule has 0 radical (unpaired) electrons. The van der Waals surface area contributed by atoms with E-state index in [1.165, 1.54) is 0 Å². The molecule has 0 fully saturated rings. The highest BCUT2D eigenvalue weighted by molar-refractivity contribution is 7.39. The van der Waals surface area contributed by atoms with Crippen LogP contribution in [0.4, 0.5) is 0 Å². The molecule has 0 aliphatic carbocycles. The van der Waals surface area contributed by atoms with E-state index in [4.69, 9.17) is 22.4 Å². The van der Waals surface area contributed by atoms with Crippen LogP contribution in [0.1, 0.15) is 34.1 Å². The Hall–Kier alpha value is -1.49. The molecular formula is C22H34O5Si2. The second-order valence-corrected chi connectivity index (χ2v) is 17.1. The number of ether oxygens (including phenoxy) is 1. The van der Waals surface area contributed by atoms with E-state index in [-0.39, 0.29) is 6.10 Å². The van der Waals surface area contributed by atoms with E-state index < -0.39 is 21.4 Å². The molecule has 5 nitrogen and oxygen atoms in total. The van der Waals surface area contributed by atoms with E-state index in [1.54, 1.807) is 21.3 Å². The number of para-hydroxylation sites is 1. The summed E-state index contributed by atoms with van der Waals surface area (Å²) in [6, 6.07) is 19.9. The highest BCUT2D eigenvalue weighted by Gasteiger charge is 2.75. The van der Waals surface area contributed by atoms with Gasteiger partial charge in [0.1, 0.15) is 11.0 Å². The van der Waals surface area contributed by atoms with Gasteiger partial charge in [-0.1, -0.05) is 55.5 Å². The number of hydrogen-bond acceptors (Lipinski definition) is 5. The van der Waals surface area contributed by atoms with Crippen LogP contribution < -0.4 is 9.61 Å². The van der Waals surface area contributed by atoms with Crippen molar-refractivity contribution in [2.75, 3.05) is 21.3 Å². The lowest BCUT2D eigenvalue weighted by molar-refractivity contribution is -0.0264. The van der Waals surface area contributed by atoms with Gasteiger partial charge in [0.05, 0.1) is 6.10 Å². The molecule has 29 heavy (non-hydrogen) atoms. The molecule has 0 aliphatic rings. The predicted octanol–water partition coefficient (Wildman–Crippen LogP) is 4.01. The first-order valence-corrected chi connectivity index (χ1v) is 14.6. The SMILES string of the molecule is CCC(C)OC(C)(C)[Si](Oc1ccccc1)(c1ccccc1)[Si](OC)(OC)OC. The van der Waals surface area contributed by atoms with E-state index in [0.717, 1.165) is 17.4 Å². The molecule has 7 heteroatoms. The van der Waals surface area contributed by atoms with E-state index in [9.17, 15) is 0 Å². The number of hydrogen-bond donors (Lipinski definition) is 0. The molecule has 2 rings (SSSR count). The molecule has 0 N–H and O–H groups in total. The summed E-state index contributed by atoms with van der Waals surface area (Å²) in [5.41, 5.74) is 0. The summed E-state index contributed by atoms with van der Waals surface area (Å²) >= 11 is 0. The molecule has 0 spiro atoms. The van der Waals surface area contributed by atoms with Crippen LogP contribution in [0.25, 0.3) is 0 Å². The Morgan fingerprint density at radius 1 is 0.828 bits per heavy atom. The van der Waals surface area contributed by atoms with Gasteiger partial charge in [-0.3, -0.25) is 0 Å². The standard InChI is InChI=1S/C22H34O5Si2/c1-8-19(2)26-22(3,4)28(21-17-13-10-14-18-21,29(23-5,24-6)25-7)27-20-15-11-9-12-16-20/h9-19H,8H2,1-7H3. The molecule has 0 bridgehead atoms. The van der Waals surface area contributed by atoms with Crippen LogP contribution in [-0.4, -0.2) is 48.8 Å². The van der Waals surface area contributed by atoms with Gasteiger partial charge in [-0.25, -0.2) is 0 Å². The largest absolute Gasteiger partial charge is 0.532 e. The number of benzene rings is 2. The van der Waals surface area contributed by atoms with Gasteiger partial charge >= 0.3 is 16.2 Å². The molecule has 2 unspecified atom stereocenters. The Labute approximate surface area is 177 Å². The zero-order valence-electron chi connectivity index (χ0n) is 18.6. The third-order valence-electron chi connectivity index (χ3n) is 5.35. The smallest absolute Gasteiger partial charge is 0.527 e. The summed E-state index contributed by atoms with van der Waals surface area (Å²) < 4.78 is 31.8. The van der Waals surface area contributed by atoms with Crippen molar-refractivity contribution in [2.45, 2.75) is 45.4 Å². The van der Waals surface area contributed by atoms with E-state index in [2.05, 4.69) is 39.8 Å². The molecule has 2 atom stereocenters. The van der Waals surface area contributed by atoms with Crippen LogP contribution in [0, 0.1) is 0 Å². The van der Waals surface area contributed by atoms with E-state index >= 15 is 0 Å². The topological polar surface area (TPSA) is 46.2 Å². The van der Waals surface area contributed by atoms with Crippen molar-refractivity contribution >= 4 is 21.3 Å². The minimum atomic E-state index is -3.34. The van der Waals surface area contributed by atoms with Crippen molar-refractivity contribution in [3.8, 4) is 5.75 Å². The zero-order chi connectivity index (χ0) is 21.5. The van der Waals surface area contributed by atoms with Crippen molar-refractivity contribution in [3.63, 3.8) is 0 Å². The first kappa shape index (κ1) is 23.8. The van der Waals surface area contributed by atoms with Gasteiger partial charge in [0, 0.05) is 21.3 Å². The third kappa shape index (κ3) is 4.50. The second kappa shape index (κ2) is 10.0. The first-order valence-electron chi connectivity index (χ1n) is 9.95. The molecule has 0 saturated carbocycles. The summed E-state index contributed by atoms with van der Waals surface area (Å²) in [6.07, 6.45) is 0.924. The minimum Gasteiger partial charge on any atom is -0.532 e. The lowest BCUT2D eigenvalue weighted by Crippen LogP contribution is -2.86. The molecule has 160 valence electrons. The van der Waals surface area contributed by atoms with Crippen molar-refractivity contribution in [1.29, 1.82) is 0 Å². The minimum absolute atomic E-state index is 0.0391. The maximum absolute atomic E-state index is 6.94. The Morgan fingerprint density at radius 2 is 1.31 bits per heavy atom. The highest BCUT2D eigenvalue weighted by atomic mass is 29.3. The normalized spacial score (nSPS) is 15.6. The molecule has 0 aliphatic heterocycles. The third-order valence-corrected chi connectivity index (χ3v) is 18.7. The summed E-state index contributed by atoms with van der Waals surface area (Å²) in [4.78, 5) is 0.